The molecule has 188 valence electrons. The topological polar surface area (TPSA) is 114 Å². The number of amides is 2. The number of carbonyl (C=O) groups excluding carboxylic acids is 2. The van der Waals surface area contributed by atoms with Gasteiger partial charge in [0.15, 0.2) is 5.75 Å². The van der Waals surface area contributed by atoms with Crippen molar-refractivity contribution in [1.82, 2.24) is 15.5 Å². The van der Waals surface area contributed by atoms with Gasteiger partial charge in [-0.2, -0.15) is 0 Å². The van der Waals surface area contributed by atoms with Crippen LogP contribution < -0.4 is 20.7 Å². The van der Waals surface area contributed by atoms with Gasteiger partial charge in [0.2, 0.25) is 11.0 Å². The van der Waals surface area contributed by atoms with Crippen molar-refractivity contribution in [3.05, 3.63) is 54.1 Å². The molecule has 5 rings (SSSR count). The van der Waals surface area contributed by atoms with Crippen molar-refractivity contribution in [2.24, 2.45) is 5.92 Å². The molecule has 9 nitrogen and oxygen atoms in total. The van der Waals surface area contributed by atoms with Gasteiger partial charge in [-0.25, -0.2) is 0 Å². The van der Waals surface area contributed by atoms with Crippen LogP contribution in [-0.2, 0) is 9.53 Å². The molecular weight excluding hydrogens is 499 g/mol. The summed E-state index contributed by atoms with van der Waals surface area (Å²) in [5.41, 5.74) is 0.527. The molecule has 2 aliphatic rings. The van der Waals surface area contributed by atoms with Crippen LogP contribution in [0.4, 0.5) is 24.0 Å². The third-order valence-corrected chi connectivity index (χ3v) is 6.61. The lowest BCUT2D eigenvalue weighted by atomic mass is 10.1. The number of hydrogen-bond donors (Lipinski definition) is 3. The standard InChI is InChI=1S/C23H20F3N5O4S/c24-23(25,26)35-17-7-6-13(8-15(17)28-19(32)10-27-16-11-34-18-9-14(16)18)20(33)29-22-31-30-21(36-22)12-4-2-1-3-5-12/h1-8,14,16,18,27H,9-11H2,(H,28,32)(H,29,31,33)/t14?,16-,18-/m1/s1. The number of benzene rings is 2. The van der Waals surface area contributed by atoms with E-state index in [-0.39, 0.29) is 35.1 Å². The number of alkyl halides is 3. The van der Waals surface area contributed by atoms with Gasteiger partial charge in [0, 0.05) is 23.1 Å². The van der Waals surface area contributed by atoms with E-state index in [1.807, 2.05) is 30.3 Å². The minimum absolute atomic E-state index is 0.00531. The molecule has 2 fully saturated rings. The van der Waals surface area contributed by atoms with Gasteiger partial charge in [-0.05, 0) is 24.6 Å². The highest BCUT2D eigenvalue weighted by Gasteiger charge is 2.49. The van der Waals surface area contributed by atoms with Gasteiger partial charge < -0.3 is 20.1 Å². The quantitative estimate of drug-likeness (QED) is 0.416. The highest BCUT2D eigenvalue weighted by Crippen LogP contribution is 2.42. The molecular formula is C23H20F3N5O4S. The average molecular weight is 520 g/mol. The predicted octanol–water partition coefficient (Wildman–Crippen LogP) is 3.67. The summed E-state index contributed by atoms with van der Waals surface area (Å²) in [7, 11) is 0. The second kappa shape index (κ2) is 9.84. The number of hydrogen-bond acceptors (Lipinski definition) is 8. The molecule has 1 unspecified atom stereocenters. The Kier molecular flexibility index (Phi) is 6.60. The second-order valence-corrected chi connectivity index (χ2v) is 9.28. The number of nitrogens with zero attached hydrogens (tertiary/aromatic N) is 2. The number of aromatic nitrogens is 2. The minimum Gasteiger partial charge on any atom is -0.404 e. The van der Waals surface area contributed by atoms with Gasteiger partial charge in [0.25, 0.3) is 5.91 Å². The predicted molar refractivity (Wildman–Crippen MR) is 125 cm³/mol. The lowest BCUT2D eigenvalue weighted by molar-refractivity contribution is -0.274. The number of nitrogens with one attached hydrogen (secondary N) is 3. The Hall–Kier alpha value is -3.55. The highest BCUT2D eigenvalue weighted by molar-refractivity contribution is 7.18. The van der Waals surface area contributed by atoms with Crippen molar-refractivity contribution in [3.63, 3.8) is 0 Å². The summed E-state index contributed by atoms with van der Waals surface area (Å²) in [6, 6.07) is 12.5. The minimum atomic E-state index is -4.98. The van der Waals surface area contributed by atoms with Crippen LogP contribution in [0, 0.1) is 5.92 Å². The zero-order chi connectivity index (χ0) is 25.3. The lowest BCUT2D eigenvalue weighted by Crippen LogP contribution is -2.38. The molecule has 0 bridgehead atoms. The maximum absolute atomic E-state index is 12.9. The molecule has 1 aliphatic heterocycles. The monoisotopic (exact) mass is 519 g/mol. The van der Waals surface area contributed by atoms with Crippen molar-refractivity contribution in [2.45, 2.75) is 24.9 Å². The molecule has 0 radical (unpaired) electrons. The van der Waals surface area contributed by atoms with Gasteiger partial charge in [0.05, 0.1) is 24.9 Å². The highest BCUT2D eigenvalue weighted by atomic mass is 32.1. The van der Waals surface area contributed by atoms with Crippen molar-refractivity contribution in [1.29, 1.82) is 0 Å². The van der Waals surface area contributed by atoms with Crippen LogP contribution in [0.25, 0.3) is 10.6 Å². The van der Waals surface area contributed by atoms with E-state index < -0.39 is 23.9 Å². The van der Waals surface area contributed by atoms with E-state index in [4.69, 9.17) is 4.74 Å². The molecule has 2 aromatic carbocycles. The first kappa shape index (κ1) is 24.2. The lowest BCUT2D eigenvalue weighted by Gasteiger charge is -2.16. The summed E-state index contributed by atoms with van der Waals surface area (Å²) in [5, 5.41) is 16.8. The molecule has 1 aliphatic carbocycles. The molecule has 3 N–H and O–H groups in total. The van der Waals surface area contributed by atoms with Crippen LogP contribution in [0.5, 0.6) is 5.75 Å². The molecule has 3 atom stereocenters. The largest absolute Gasteiger partial charge is 0.573 e. The number of anilines is 2. The maximum Gasteiger partial charge on any atom is 0.573 e. The first-order valence-corrected chi connectivity index (χ1v) is 11.8. The number of fused-ring (bicyclic) bond motifs is 1. The number of rotatable bonds is 8. The summed E-state index contributed by atoms with van der Waals surface area (Å²) >= 11 is 1.14. The third kappa shape index (κ3) is 5.80. The fourth-order valence-electron chi connectivity index (χ4n) is 3.91. The van der Waals surface area contributed by atoms with Crippen LogP contribution in [0.3, 0.4) is 0 Å². The maximum atomic E-state index is 12.9. The molecule has 1 saturated heterocycles. The van der Waals surface area contributed by atoms with Crippen molar-refractivity contribution in [2.75, 3.05) is 23.8 Å². The molecule has 2 heterocycles. The smallest absolute Gasteiger partial charge is 0.404 e. The number of ether oxygens (including phenoxy) is 2. The van der Waals surface area contributed by atoms with Crippen LogP contribution >= 0.6 is 11.3 Å². The molecule has 2 amide bonds. The first-order chi connectivity index (χ1) is 17.2. The average Bonchev–Trinajstić information content (AvgIpc) is 3.27. The van der Waals surface area contributed by atoms with E-state index in [0.29, 0.717) is 17.5 Å². The summed E-state index contributed by atoms with van der Waals surface area (Å²) in [4.78, 5) is 25.2. The van der Waals surface area contributed by atoms with E-state index >= 15 is 0 Å². The van der Waals surface area contributed by atoms with E-state index in [1.54, 1.807) is 0 Å². The third-order valence-electron chi connectivity index (χ3n) is 5.72. The van der Waals surface area contributed by atoms with E-state index in [9.17, 15) is 22.8 Å². The zero-order valence-corrected chi connectivity index (χ0v) is 19.4. The summed E-state index contributed by atoms with van der Waals surface area (Å²) in [6.45, 7) is 0.352. The SMILES string of the molecule is O=C(CN[C@@H]1CO[C@@H]2CC12)Nc1cc(C(=O)Nc2nnc(-c3ccccc3)s2)ccc1OC(F)(F)F. The van der Waals surface area contributed by atoms with Crippen molar-refractivity contribution in [3.8, 4) is 16.3 Å². The molecule has 3 aromatic rings. The van der Waals surface area contributed by atoms with Crippen LogP contribution in [0.15, 0.2) is 48.5 Å². The van der Waals surface area contributed by atoms with Crippen LogP contribution in [0.2, 0.25) is 0 Å². The zero-order valence-electron chi connectivity index (χ0n) is 18.5. The molecule has 1 saturated carbocycles. The Bertz CT molecular complexity index is 1270. The Labute approximate surface area is 207 Å². The number of carbonyl (C=O) groups is 2. The van der Waals surface area contributed by atoms with Gasteiger partial charge in [-0.15, -0.1) is 23.4 Å². The second-order valence-electron chi connectivity index (χ2n) is 8.30. The van der Waals surface area contributed by atoms with Crippen LogP contribution in [-0.4, -0.2) is 53.7 Å². The number of halogens is 3. The normalized spacial score (nSPS) is 20.5. The Morgan fingerprint density at radius 2 is 1.92 bits per heavy atom. The van der Waals surface area contributed by atoms with Crippen molar-refractivity contribution < 1.29 is 32.2 Å². The molecule has 0 spiro atoms. The van der Waals surface area contributed by atoms with Gasteiger partial charge >= 0.3 is 6.36 Å². The van der Waals surface area contributed by atoms with Crippen LogP contribution in [0.1, 0.15) is 16.8 Å². The van der Waals surface area contributed by atoms with Crippen molar-refractivity contribution >= 4 is 34.0 Å². The molecule has 36 heavy (non-hydrogen) atoms. The van der Waals surface area contributed by atoms with Gasteiger partial charge in [-0.1, -0.05) is 41.7 Å². The summed E-state index contributed by atoms with van der Waals surface area (Å²) in [6.07, 6.45) is -3.82. The first-order valence-electron chi connectivity index (χ1n) is 11.0. The fraction of sp³-hybridized carbons (Fsp3) is 0.304. The summed E-state index contributed by atoms with van der Waals surface area (Å²) in [5.74, 6) is -1.50. The Morgan fingerprint density at radius 3 is 2.61 bits per heavy atom. The molecule has 13 heteroatoms. The van der Waals surface area contributed by atoms with Gasteiger partial charge in [-0.3, -0.25) is 14.9 Å². The van der Waals surface area contributed by atoms with E-state index in [2.05, 4.69) is 30.9 Å². The Balaban J connectivity index is 1.28. The van der Waals surface area contributed by atoms with Gasteiger partial charge in [0.1, 0.15) is 5.01 Å². The Morgan fingerprint density at radius 1 is 1.11 bits per heavy atom. The van der Waals surface area contributed by atoms with E-state index in [1.165, 1.54) is 0 Å². The molecule has 1 aromatic heterocycles. The fourth-order valence-corrected chi connectivity index (χ4v) is 4.65. The van der Waals surface area contributed by atoms with E-state index in [0.717, 1.165) is 41.5 Å². The summed E-state index contributed by atoms with van der Waals surface area (Å²) < 4.78 is 48.2.